The second-order valence-corrected chi connectivity index (χ2v) is 13.0. The number of hydrogen-bond acceptors (Lipinski definition) is 4. The molecule has 374 valence electrons. The van der Waals surface area contributed by atoms with Crippen LogP contribution in [0.1, 0.15) is 0 Å². The monoisotopic (exact) mass is 1040 g/mol. The molecule has 0 aromatic rings. The van der Waals surface area contributed by atoms with Crippen LogP contribution in [0.3, 0.4) is 0 Å². The van der Waals surface area contributed by atoms with Gasteiger partial charge in [0, 0.05) is 0 Å². The molecule has 0 bridgehead atoms. The van der Waals surface area contributed by atoms with Crippen molar-refractivity contribution < 1.29 is 176 Å². The molecule has 4 nitrogen and oxygen atoms in total. The van der Waals surface area contributed by atoms with Gasteiger partial charge in [0.15, 0.2) is 0 Å². The van der Waals surface area contributed by atoms with Gasteiger partial charge in [-0.05, 0) is 0 Å². The number of rotatable bonds is 24. The Bertz CT molecular complexity index is 1400. The quantitative estimate of drug-likeness (QED) is 0.0714. The van der Waals surface area contributed by atoms with Crippen LogP contribution < -0.4 is 0 Å². The van der Waals surface area contributed by atoms with Gasteiger partial charge in [-0.25, -0.2) is 30.9 Å². The van der Waals surface area contributed by atoms with E-state index >= 15 is 0 Å². The molecule has 0 aliphatic heterocycles. The lowest BCUT2D eigenvalue weighted by atomic mass is 9.95. The van der Waals surface area contributed by atoms with E-state index in [1.54, 1.807) is 0 Å². The topological polar surface area (TPSA) is 44.8 Å². The first-order valence-corrected chi connectivity index (χ1v) is 15.0. The molecule has 0 rings (SSSR count). The highest BCUT2D eigenvalue weighted by molar-refractivity contribution is 7.48. The second-order valence-electron chi connectivity index (χ2n) is 11.3. The van der Waals surface area contributed by atoms with Crippen molar-refractivity contribution in [2.75, 3.05) is 19.8 Å². The zero-order chi connectivity index (χ0) is 51.0. The third-order valence-corrected chi connectivity index (χ3v) is 8.37. The Kier molecular flexibility index (Phi) is 15.8. The van der Waals surface area contributed by atoms with E-state index in [-0.39, 0.29) is 0 Å². The fourth-order valence-electron chi connectivity index (χ4n) is 3.18. The van der Waals surface area contributed by atoms with Gasteiger partial charge in [0.1, 0.15) is 19.8 Å². The summed E-state index contributed by atoms with van der Waals surface area (Å²) < 4.78 is 501. The third kappa shape index (κ3) is 8.82. The smallest absolute Gasteiger partial charge is 0.280 e. The van der Waals surface area contributed by atoms with Crippen molar-refractivity contribution in [3.05, 3.63) is 0 Å². The Morgan fingerprint density at radius 1 is 0.274 bits per heavy atom. The van der Waals surface area contributed by atoms with Crippen molar-refractivity contribution >= 4 is 7.82 Å². The summed E-state index contributed by atoms with van der Waals surface area (Å²) in [4.78, 5) is 0. The van der Waals surface area contributed by atoms with Crippen LogP contribution >= 0.6 is 7.82 Å². The van der Waals surface area contributed by atoms with Crippen LogP contribution in [0.15, 0.2) is 0 Å². The van der Waals surface area contributed by atoms with Crippen molar-refractivity contribution in [3.8, 4) is 0 Å². The van der Waals surface area contributed by atoms with E-state index in [0.717, 1.165) is 0 Å². The van der Waals surface area contributed by atoms with Crippen LogP contribution in [-0.2, 0) is 18.1 Å². The molecule has 0 saturated heterocycles. The predicted octanol–water partition coefficient (Wildman–Crippen LogP) is 12.5. The van der Waals surface area contributed by atoms with Gasteiger partial charge in [-0.1, -0.05) is 0 Å². The van der Waals surface area contributed by atoms with Crippen LogP contribution in [0.4, 0.5) is 158 Å². The van der Waals surface area contributed by atoms with Crippen LogP contribution in [0.5, 0.6) is 0 Å². The van der Waals surface area contributed by atoms with Crippen molar-refractivity contribution in [2.45, 2.75) is 108 Å². The SMILES string of the molecule is O=P(OCC(F)(F)C(F)(F)C(F)(F)C(F)(F)C(F)(F)C(F)F)(OCC(F)(F)C(F)(F)C(F)(F)C(F)(F)C(F)(F)C(F)F)OCC(F)(F)C(F)(F)C(F)(F)C(F)(F)C(F)(F)C(F)F. The van der Waals surface area contributed by atoms with Crippen LogP contribution in [0.2, 0.25) is 0 Å². The van der Waals surface area contributed by atoms with Gasteiger partial charge in [0.2, 0.25) is 0 Å². The summed E-state index contributed by atoms with van der Waals surface area (Å²) >= 11 is 0. The first-order chi connectivity index (χ1) is 26.5. The molecule has 0 unspecified atom stereocenters. The Morgan fingerprint density at radius 2 is 0.419 bits per heavy atom. The Balaban J connectivity index is 7.56. The second kappa shape index (κ2) is 16.5. The van der Waals surface area contributed by atoms with Gasteiger partial charge < -0.3 is 0 Å². The van der Waals surface area contributed by atoms with Crippen LogP contribution in [0, 0.1) is 0 Å². The molecule has 0 saturated carbocycles. The molecule has 0 heterocycles. The molecule has 41 heteroatoms. The summed E-state index contributed by atoms with van der Waals surface area (Å²) in [6.45, 7) is -14.6. The lowest BCUT2D eigenvalue weighted by Crippen LogP contribution is -2.69. The maximum atomic E-state index is 14.1. The highest BCUT2D eigenvalue weighted by Crippen LogP contribution is 2.64. The van der Waals surface area contributed by atoms with Gasteiger partial charge in [0.05, 0.1) is 0 Å². The molecule has 0 aliphatic rings. The molecule has 0 N–H and O–H groups in total. The summed E-state index contributed by atoms with van der Waals surface area (Å²) in [6.07, 6.45) is -18.8. The van der Waals surface area contributed by atoms with Gasteiger partial charge >= 0.3 is 116 Å². The normalized spacial score (nSPS) is 16.6. The first-order valence-electron chi connectivity index (χ1n) is 13.5. The molecule has 0 aromatic heterocycles. The fraction of sp³-hybridized carbons (Fsp3) is 1.00. The minimum Gasteiger partial charge on any atom is -0.280 e. The van der Waals surface area contributed by atoms with Crippen molar-refractivity contribution in [1.82, 2.24) is 0 Å². The number of halogens is 36. The van der Waals surface area contributed by atoms with E-state index in [1.165, 1.54) is 0 Å². The van der Waals surface area contributed by atoms with E-state index in [9.17, 15) is 163 Å². The van der Waals surface area contributed by atoms with Crippen molar-refractivity contribution in [2.24, 2.45) is 0 Å². The third-order valence-electron chi connectivity index (χ3n) is 7.03. The average molecular weight is 1040 g/mol. The molecule has 0 aliphatic carbocycles. The molecule has 62 heavy (non-hydrogen) atoms. The zero-order valence-electron chi connectivity index (χ0n) is 27.0. The summed E-state index contributed by atoms with van der Waals surface area (Å²) in [6, 6.07) is 0. The average Bonchev–Trinajstić information content (AvgIpc) is 3.07. The maximum Gasteiger partial charge on any atom is 0.475 e. The van der Waals surface area contributed by atoms with E-state index in [2.05, 4.69) is 13.6 Å². The standard InChI is InChI=1S/C21H9F36O4P/c22-4(23)10(34,35)16(46,47)19(52,53)13(40,41)7(28,29)1-59-62(58,60-2-8(30,31)14(42,43)20(54,55)17(48,49)11(36,37)5(24)25)61-3-9(32,33)15(44,45)21(56,57)18(50,51)12(38,39)6(26)27/h4-6H,1-3H2. The van der Waals surface area contributed by atoms with Gasteiger partial charge in [0.25, 0.3) is 0 Å². The van der Waals surface area contributed by atoms with E-state index in [4.69, 9.17) is 0 Å². The van der Waals surface area contributed by atoms with E-state index < -0.39 is 136 Å². The highest BCUT2D eigenvalue weighted by Gasteiger charge is 2.90. The van der Waals surface area contributed by atoms with E-state index in [1.807, 2.05) is 0 Å². The molecule has 0 atom stereocenters. The molecule has 0 spiro atoms. The minimum absolute atomic E-state index is 2.42. The zero-order valence-corrected chi connectivity index (χ0v) is 27.9. The van der Waals surface area contributed by atoms with E-state index in [0.29, 0.717) is 0 Å². The van der Waals surface area contributed by atoms with Crippen molar-refractivity contribution in [1.29, 1.82) is 0 Å². The molecular weight excluding hydrogens is 1030 g/mol. The molecule has 0 amide bonds. The maximum absolute atomic E-state index is 14.1. The van der Waals surface area contributed by atoms with Crippen LogP contribution in [0.25, 0.3) is 0 Å². The largest absolute Gasteiger partial charge is 0.475 e. The summed E-state index contributed by atoms with van der Waals surface area (Å²) in [7, 11) is -8.68. The number of hydrogen-bond donors (Lipinski definition) is 0. The fourth-order valence-corrected chi connectivity index (χ4v) is 4.37. The molecular formula is C21H9F36O4P. The Hall–Kier alpha value is -2.41. The number of alkyl halides is 36. The Morgan fingerprint density at radius 3 is 0.548 bits per heavy atom. The number of phosphoric acid groups is 1. The molecule has 0 fully saturated rings. The molecule has 0 radical (unpaired) electrons. The lowest BCUT2D eigenvalue weighted by molar-refractivity contribution is -0.416. The molecule has 0 aromatic carbocycles. The highest BCUT2D eigenvalue weighted by atomic mass is 31.2. The summed E-state index contributed by atoms with van der Waals surface area (Å²) in [5.74, 6) is -125. The first kappa shape index (κ1) is 59.6. The van der Waals surface area contributed by atoms with Gasteiger partial charge in [-0.3, -0.25) is 13.6 Å². The predicted molar refractivity (Wildman–Crippen MR) is 118 cm³/mol. The summed E-state index contributed by atoms with van der Waals surface area (Å²) in [5.41, 5.74) is 0. The lowest BCUT2D eigenvalue weighted by Gasteiger charge is -2.40. The van der Waals surface area contributed by atoms with Gasteiger partial charge in [-0.2, -0.15) is 132 Å². The van der Waals surface area contributed by atoms with Crippen molar-refractivity contribution in [3.63, 3.8) is 0 Å². The van der Waals surface area contributed by atoms with Crippen LogP contribution in [-0.4, -0.2) is 128 Å². The number of phosphoric ester groups is 1. The minimum atomic E-state index is -8.77. The summed E-state index contributed by atoms with van der Waals surface area (Å²) in [5, 5.41) is 0. The Labute approximate surface area is 313 Å². The van der Waals surface area contributed by atoms with Gasteiger partial charge in [-0.15, -0.1) is 0 Å².